The number of hydrogen-bond donors (Lipinski definition) is 4. The van der Waals surface area contributed by atoms with E-state index in [0.717, 1.165) is 22.7 Å². The quantitative estimate of drug-likeness (QED) is 0.367. The van der Waals surface area contributed by atoms with Crippen LogP contribution in [0.2, 0.25) is 0 Å². The second-order valence-electron chi connectivity index (χ2n) is 8.56. The number of aliphatic imine (C=N–C) groups is 1. The fraction of sp³-hybridized carbons (Fsp3) is 0.565. The molecule has 9 heteroatoms. The number of aliphatic hydroxyl groups excluding tert-OH is 1. The molecule has 1 aliphatic carbocycles. The molecule has 2 heterocycles. The number of hydrogen-bond acceptors (Lipinski definition) is 6. The smallest absolute Gasteiger partial charge is 0.330 e. The van der Waals surface area contributed by atoms with E-state index in [1.807, 2.05) is 31.1 Å². The maximum atomic E-state index is 11.8. The first kappa shape index (κ1) is 23.9. The van der Waals surface area contributed by atoms with Crippen molar-refractivity contribution in [2.45, 2.75) is 51.0 Å². The Morgan fingerprint density at radius 2 is 2.16 bits per heavy atom. The lowest BCUT2D eigenvalue weighted by Gasteiger charge is -2.41. The Morgan fingerprint density at radius 1 is 1.41 bits per heavy atom. The summed E-state index contributed by atoms with van der Waals surface area (Å²) in [6.45, 7) is 5.49. The standard InChI is InChI=1S/C23H35N5O4/c1-14-15(2)32-11-10-28(14)23(24-3)26-21-18(12-16-6-8-17(29)9-7-16)25-19(22(30)31)13-20(21)27(4)5/h6-8,13-15,17,19,25,29H,9-12H2,1-5H3,(H,24,26)(H,30,31). The number of likely N-dealkylation sites (N-methyl/N-ethyl adjacent to an activating group) is 1. The molecule has 0 aromatic carbocycles. The number of aliphatic carboxylic acids is 1. The zero-order chi connectivity index (χ0) is 23.4. The van der Waals surface area contributed by atoms with Crippen LogP contribution in [-0.4, -0.2) is 90.5 Å². The first-order valence-electron chi connectivity index (χ1n) is 11.0. The minimum atomic E-state index is -0.940. The fourth-order valence-corrected chi connectivity index (χ4v) is 4.07. The van der Waals surface area contributed by atoms with Gasteiger partial charge in [0.2, 0.25) is 0 Å². The number of morpholine rings is 1. The summed E-state index contributed by atoms with van der Waals surface area (Å²) in [6.07, 6.45) is 8.01. The number of allylic oxidation sites excluding steroid dienone is 2. The van der Waals surface area contributed by atoms with Gasteiger partial charge in [-0.05, 0) is 31.9 Å². The predicted molar refractivity (Wildman–Crippen MR) is 124 cm³/mol. The van der Waals surface area contributed by atoms with Gasteiger partial charge in [0.05, 0.1) is 36.3 Å². The van der Waals surface area contributed by atoms with Crippen molar-refractivity contribution in [3.05, 3.63) is 47.0 Å². The van der Waals surface area contributed by atoms with Gasteiger partial charge in [-0.15, -0.1) is 0 Å². The van der Waals surface area contributed by atoms with Crippen LogP contribution in [0.15, 0.2) is 52.0 Å². The van der Waals surface area contributed by atoms with Crippen LogP contribution in [0.1, 0.15) is 26.7 Å². The van der Waals surface area contributed by atoms with Crippen LogP contribution in [0.5, 0.6) is 0 Å². The molecule has 0 aromatic heterocycles. The summed E-state index contributed by atoms with van der Waals surface area (Å²) in [5.74, 6) is -0.225. The predicted octanol–water partition coefficient (Wildman–Crippen LogP) is 1.02. The zero-order valence-corrected chi connectivity index (χ0v) is 19.5. The number of aliphatic hydroxyl groups is 1. The summed E-state index contributed by atoms with van der Waals surface area (Å²) in [6, 6.07) is -0.698. The Labute approximate surface area is 189 Å². The lowest BCUT2D eigenvalue weighted by molar-refractivity contribution is -0.138. The first-order valence-corrected chi connectivity index (χ1v) is 11.0. The van der Waals surface area contributed by atoms with E-state index in [2.05, 4.69) is 34.4 Å². The van der Waals surface area contributed by atoms with E-state index in [1.54, 1.807) is 19.2 Å². The van der Waals surface area contributed by atoms with Crippen LogP contribution in [-0.2, 0) is 9.53 Å². The molecule has 4 N–H and O–H groups in total. The normalized spacial score (nSPS) is 28.7. The maximum Gasteiger partial charge on any atom is 0.330 e. The highest BCUT2D eigenvalue weighted by molar-refractivity contribution is 5.84. The zero-order valence-electron chi connectivity index (χ0n) is 19.5. The molecule has 4 unspecified atom stereocenters. The molecular formula is C23H35N5O4. The fourth-order valence-electron chi connectivity index (χ4n) is 4.07. The Hall–Kier alpha value is -2.78. The van der Waals surface area contributed by atoms with Gasteiger partial charge in [0.1, 0.15) is 6.04 Å². The number of guanidine groups is 1. The van der Waals surface area contributed by atoms with Gasteiger partial charge < -0.3 is 35.4 Å². The molecule has 0 radical (unpaired) electrons. The summed E-state index contributed by atoms with van der Waals surface area (Å²) in [5, 5.41) is 26.1. The summed E-state index contributed by atoms with van der Waals surface area (Å²) >= 11 is 0. The molecule has 2 aliphatic heterocycles. The van der Waals surface area contributed by atoms with Gasteiger partial charge in [0.15, 0.2) is 5.96 Å². The van der Waals surface area contributed by atoms with Crippen molar-refractivity contribution < 1.29 is 19.7 Å². The monoisotopic (exact) mass is 445 g/mol. The van der Waals surface area contributed by atoms with Crippen molar-refractivity contribution >= 4 is 11.9 Å². The number of ether oxygens (including phenoxy) is 1. The Balaban J connectivity index is 1.97. The van der Waals surface area contributed by atoms with Crippen LogP contribution < -0.4 is 10.6 Å². The van der Waals surface area contributed by atoms with Gasteiger partial charge in [-0.1, -0.05) is 18.2 Å². The van der Waals surface area contributed by atoms with Crippen molar-refractivity contribution in [1.82, 2.24) is 20.4 Å². The Bertz CT molecular complexity index is 874. The summed E-state index contributed by atoms with van der Waals surface area (Å²) in [7, 11) is 5.54. The number of carbonyl (C=O) groups is 1. The van der Waals surface area contributed by atoms with Crippen molar-refractivity contribution in [2.24, 2.45) is 4.99 Å². The van der Waals surface area contributed by atoms with Crippen LogP contribution >= 0.6 is 0 Å². The van der Waals surface area contributed by atoms with Crippen molar-refractivity contribution in [2.75, 3.05) is 34.3 Å². The lowest BCUT2D eigenvalue weighted by Crippen LogP contribution is -2.55. The third kappa shape index (κ3) is 5.34. The van der Waals surface area contributed by atoms with E-state index in [9.17, 15) is 15.0 Å². The third-order valence-electron chi connectivity index (χ3n) is 6.10. The van der Waals surface area contributed by atoms with Gasteiger partial charge in [-0.25, -0.2) is 4.79 Å². The van der Waals surface area contributed by atoms with E-state index >= 15 is 0 Å². The molecule has 3 aliphatic rings. The second-order valence-corrected chi connectivity index (χ2v) is 8.56. The molecule has 0 aromatic rings. The maximum absolute atomic E-state index is 11.8. The average Bonchev–Trinajstić information content (AvgIpc) is 2.76. The molecule has 0 bridgehead atoms. The molecular weight excluding hydrogens is 410 g/mol. The third-order valence-corrected chi connectivity index (χ3v) is 6.10. The van der Waals surface area contributed by atoms with Gasteiger partial charge in [-0.3, -0.25) is 4.99 Å². The van der Waals surface area contributed by atoms with E-state index in [-0.39, 0.29) is 12.1 Å². The topological polar surface area (TPSA) is 110 Å². The Kier molecular flexibility index (Phi) is 7.63. The highest BCUT2D eigenvalue weighted by Gasteiger charge is 2.32. The van der Waals surface area contributed by atoms with Crippen molar-refractivity contribution in [3.63, 3.8) is 0 Å². The number of dihydropyridines is 1. The van der Waals surface area contributed by atoms with E-state index in [1.165, 1.54) is 0 Å². The molecule has 0 saturated carbocycles. The number of rotatable bonds is 5. The largest absolute Gasteiger partial charge is 0.479 e. The number of nitrogens with one attached hydrogen (secondary N) is 2. The molecule has 3 rings (SSSR count). The van der Waals surface area contributed by atoms with Crippen molar-refractivity contribution in [3.8, 4) is 0 Å². The van der Waals surface area contributed by atoms with E-state index in [4.69, 9.17) is 4.74 Å². The average molecular weight is 446 g/mol. The van der Waals surface area contributed by atoms with E-state index in [0.29, 0.717) is 32.0 Å². The van der Waals surface area contributed by atoms with Gasteiger partial charge in [0, 0.05) is 39.8 Å². The number of nitrogens with zero attached hydrogens (tertiary/aromatic N) is 3. The van der Waals surface area contributed by atoms with Crippen LogP contribution in [0, 0.1) is 0 Å². The Morgan fingerprint density at radius 3 is 2.75 bits per heavy atom. The molecule has 32 heavy (non-hydrogen) atoms. The van der Waals surface area contributed by atoms with Gasteiger partial charge in [-0.2, -0.15) is 0 Å². The molecule has 9 nitrogen and oxygen atoms in total. The van der Waals surface area contributed by atoms with Gasteiger partial charge in [0.25, 0.3) is 0 Å². The van der Waals surface area contributed by atoms with Crippen molar-refractivity contribution in [1.29, 1.82) is 0 Å². The molecule has 1 saturated heterocycles. The number of carboxylic acid groups (broad SMARTS) is 1. The molecule has 176 valence electrons. The summed E-state index contributed by atoms with van der Waals surface area (Å²) in [5.41, 5.74) is 3.36. The molecule has 1 fully saturated rings. The van der Waals surface area contributed by atoms with Gasteiger partial charge >= 0.3 is 5.97 Å². The minimum absolute atomic E-state index is 0.0736. The van der Waals surface area contributed by atoms with Crippen LogP contribution in [0.4, 0.5) is 0 Å². The molecule has 0 spiro atoms. The lowest BCUT2D eigenvalue weighted by atomic mass is 9.97. The summed E-state index contributed by atoms with van der Waals surface area (Å²) < 4.78 is 5.77. The SMILES string of the molecule is CN=C(NC1=C(CC2=CCC(O)C=C2)NC(C(=O)O)C=C1N(C)C)N1CCOC(C)C1C. The van der Waals surface area contributed by atoms with Crippen LogP contribution in [0.25, 0.3) is 0 Å². The highest BCUT2D eigenvalue weighted by atomic mass is 16.5. The second kappa shape index (κ2) is 10.2. The van der Waals surface area contributed by atoms with E-state index < -0.39 is 18.1 Å². The van der Waals surface area contributed by atoms with Crippen LogP contribution in [0.3, 0.4) is 0 Å². The minimum Gasteiger partial charge on any atom is -0.479 e. The molecule has 4 atom stereocenters. The molecule has 0 amide bonds. The number of carboxylic acids is 1. The summed E-state index contributed by atoms with van der Waals surface area (Å²) in [4.78, 5) is 20.5. The first-order chi connectivity index (χ1) is 15.2. The highest BCUT2D eigenvalue weighted by Crippen LogP contribution is 2.27.